The highest BCUT2D eigenvalue weighted by Crippen LogP contribution is 2.23. The van der Waals surface area contributed by atoms with Gasteiger partial charge in [-0.05, 0) is 51.9 Å². The average Bonchev–Trinajstić information content (AvgIpc) is 2.48. The minimum atomic E-state index is -0.247. The molecule has 0 unspecified atom stereocenters. The Kier molecular flexibility index (Phi) is 12.2. The summed E-state index contributed by atoms with van der Waals surface area (Å²) in [4.78, 5) is 11.9. The Balaban J connectivity index is 0.00000576. The lowest BCUT2D eigenvalue weighted by Crippen LogP contribution is -2.43. The Bertz CT molecular complexity index is 519. The van der Waals surface area contributed by atoms with Gasteiger partial charge in [-0.3, -0.25) is 4.79 Å². The Hall–Kier alpha value is -0.780. The second kappa shape index (κ2) is 12.6. The molecule has 0 aromatic heterocycles. The van der Waals surface area contributed by atoms with E-state index in [4.69, 9.17) is 4.74 Å². The molecule has 0 aliphatic carbocycles. The first-order chi connectivity index (χ1) is 11.3. The van der Waals surface area contributed by atoms with Crippen LogP contribution in [0.5, 0.6) is 5.75 Å². The van der Waals surface area contributed by atoms with E-state index in [1.165, 1.54) is 25.7 Å². The fourth-order valence-electron chi connectivity index (χ4n) is 2.32. The third-order valence-corrected chi connectivity index (χ3v) is 3.91. The van der Waals surface area contributed by atoms with Gasteiger partial charge < -0.3 is 15.4 Å². The molecule has 0 atom stereocenters. The van der Waals surface area contributed by atoms with Crippen molar-refractivity contribution in [2.45, 2.75) is 65.5 Å². The van der Waals surface area contributed by atoms with Crippen LogP contribution < -0.4 is 15.4 Å². The molecule has 0 bridgehead atoms. The monoisotopic (exact) mass is 434 g/mol. The smallest absolute Gasteiger partial charge is 0.258 e. The maximum absolute atomic E-state index is 11.9. The van der Waals surface area contributed by atoms with Gasteiger partial charge in [-0.15, -0.1) is 12.4 Å². The first-order valence-corrected chi connectivity index (χ1v) is 9.54. The third-order valence-electron chi connectivity index (χ3n) is 3.42. The molecule has 1 amide bonds. The van der Waals surface area contributed by atoms with Crippen LogP contribution in [0.1, 0.15) is 58.9 Å². The van der Waals surface area contributed by atoms with Crippen LogP contribution in [-0.2, 0) is 11.3 Å². The number of carbonyl (C=O) groups excluding carboxylic acids is 1. The van der Waals surface area contributed by atoms with E-state index in [0.717, 1.165) is 28.9 Å². The normalized spacial score (nSPS) is 10.9. The molecule has 1 aromatic carbocycles. The molecule has 0 heterocycles. The second-order valence-electron chi connectivity index (χ2n) is 7.08. The SMILES string of the molecule is CCCCCCNCc1cc(Br)ccc1OCC(=O)NC(C)(C)C.Cl. The zero-order chi connectivity index (χ0) is 18.0. The first-order valence-electron chi connectivity index (χ1n) is 8.75. The summed E-state index contributed by atoms with van der Waals surface area (Å²) in [5.74, 6) is 0.646. The van der Waals surface area contributed by atoms with Crippen molar-refractivity contribution in [2.75, 3.05) is 13.2 Å². The highest BCUT2D eigenvalue weighted by molar-refractivity contribution is 9.10. The van der Waals surface area contributed by atoms with Gasteiger partial charge >= 0.3 is 0 Å². The Morgan fingerprint density at radius 3 is 2.56 bits per heavy atom. The number of hydrogen-bond donors (Lipinski definition) is 2. The van der Waals surface area contributed by atoms with Crippen molar-refractivity contribution in [1.82, 2.24) is 10.6 Å². The van der Waals surface area contributed by atoms with E-state index >= 15 is 0 Å². The second-order valence-corrected chi connectivity index (χ2v) is 7.99. The van der Waals surface area contributed by atoms with Crippen molar-refractivity contribution >= 4 is 34.2 Å². The lowest BCUT2D eigenvalue weighted by molar-refractivity contribution is -0.124. The third kappa shape index (κ3) is 11.4. The number of ether oxygens (including phenoxy) is 1. The summed E-state index contributed by atoms with van der Waals surface area (Å²) >= 11 is 3.50. The molecule has 4 nitrogen and oxygen atoms in total. The molecule has 144 valence electrons. The van der Waals surface area contributed by atoms with Gasteiger partial charge in [0.15, 0.2) is 6.61 Å². The van der Waals surface area contributed by atoms with E-state index in [-0.39, 0.29) is 30.5 Å². The quantitative estimate of drug-likeness (QED) is 0.517. The lowest BCUT2D eigenvalue weighted by Gasteiger charge is -2.21. The van der Waals surface area contributed by atoms with E-state index in [1.54, 1.807) is 0 Å². The van der Waals surface area contributed by atoms with Crippen LogP contribution in [0.4, 0.5) is 0 Å². The topological polar surface area (TPSA) is 50.4 Å². The van der Waals surface area contributed by atoms with Gasteiger partial charge in [-0.2, -0.15) is 0 Å². The summed E-state index contributed by atoms with van der Waals surface area (Å²) < 4.78 is 6.73. The highest BCUT2D eigenvalue weighted by atomic mass is 79.9. The van der Waals surface area contributed by atoms with Crippen molar-refractivity contribution in [2.24, 2.45) is 0 Å². The predicted octanol–water partition coefficient (Wildman–Crippen LogP) is 4.83. The summed E-state index contributed by atoms with van der Waals surface area (Å²) in [5.41, 5.74) is 0.812. The van der Waals surface area contributed by atoms with Crippen molar-refractivity contribution in [3.8, 4) is 5.75 Å². The molecule has 6 heteroatoms. The number of unbranched alkanes of at least 4 members (excludes halogenated alkanes) is 3. The molecular weight excluding hydrogens is 404 g/mol. The van der Waals surface area contributed by atoms with Gasteiger partial charge in [0, 0.05) is 22.1 Å². The van der Waals surface area contributed by atoms with Crippen LogP contribution in [0.3, 0.4) is 0 Å². The number of nitrogens with one attached hydrogen (secondary N) is 2. The maximum atomic E-state index is 11.9. The first kappa shape index (κ1) is 24.2. The van der Waals surface area contributed by atoms with Gasteiger partial charge in [0.1, 0.15) is 5.75 Å². The molecule has 0 fully saturated rings. The maximum Gasteiger partial charge on any atom is 0.258 e. The van der Waals surface area contributed by atoms with Gasteiger partial charge in [0.2, 0.25) is 0 Å². The van der Waals surface area contributed by atoms with Gasteiger partial charge in [-0.1, -0.05) is 42.1 Å². The van der Waals surface area contributed by atoms with Crippen LogP contribution >= 0.6 is 28.3 Å². The predicted molar refractivity (Wildman–Crippen MR) is 111 cm³/mol. The number of carbonyl (C=O) groups is 1. The van der Waals surface area contributed by atoms with Gasteiger partial charge in [0.25, 0.3) is 5.91 Å². The minimum Gasteiger partial charge on any atom is -0.483 e. The van der Waals surface area contributed by atoms with Crippen molar-refractivity contribution in [1.29, 1.82) is 0 Å². The Labute approximate surface area is 167 Å². The summed E-state index contributed by atoms with van der Waals surface area (Å²) in [6.45, 7) is 9.85. The Morgan fingerprint density at radius 1 is 1.20 bits per heavy atom. The molecular formula is C19H32BrClN2O2. The Morgan fingerprint density at radius 2 is 1.92 bits per heavy atom. The van der Waals surface area contributed by atoms with Gasteiger partial charge in [0.05, 0.1) is 0 Å². The molecule has 0 saturated heterocycles. The van der Waals surface area contributed by atoms with Crippen molar-refractivity contribution in [3.63, 3.8) is 0 Å². The van der Waals surface area contributed by atoms with Crippen LogP contribution in [-0.4, -0.2) is 24.6 Å². The van der Waals surface area contributed by atoms with E-state index in [1.807, 2.05) is 39.0 Å². The van der Waals surface area contributed by atoms with E-state index in [0.29, 0.717) is 0 Å². The molecule has 2 N–H and O–H groups in total. The molecule has 0 saturated carbocycles. The zero-order valence-corrected chi connectivity index (χ0v) is 18.2. The summed E-state index contributed by atoms with van der Waals surface area (Å²) in [6.07, 6.45) is 4.99. The number of rotatable bonds is 10. The summed E-state index contributed by atoms with van der Waals surface area (Å²) in [5, 5.41) is 6.36. The molecule has 0 aliphatic heterocycles. The molecule has 0 radical (unpaired) electrons. The largest absolute Gasteiger partial charge is 0.483 e. The number of halogens is 2. The molecule has 0 spiro atoms. The van der Waals surface area contributed by atoms with E-state index in [2.05, 4.69) is 33.5 Å². The van der Waals surface area contributed by atoms with Crippen molar-refractivity contribution in [3.05, 3.63) is 28.2 Å². The fourth-order valence-corrected chi connectivity index (χ4v) is 2.73. The zero-order valence-electron chi connectivity index (χ0n) is 15.8. The number of benzene rings is 1. The van der Waals surface area contributed by atoms with Gasteiger partial charge in [-0.25, -0.2) is 0 Å². The van der Waals surface area contributed by atoms with Crippen molar-refractivity contribution < 1.29 is 9.53 Å². The molecule has 0 aliphatic rings. The minimum absolute atomic E-state index is 0. The van der Waals surface area contributed by atoms with E-state index in [9.17, 15) is 4.79 Å². The molecule has 25 heavy (non-hydrogen) atoms. The van der Waals surface area contributed by atoms with Crippen LogP contribution in [0, 0.1) is 0 Å². The molecule has 1 rings (SSSR count). The van der Waals surface area contributed by atoms with Crippen LogP contribution in [0.2, 0.25) is 0 Å². The number of hydrogen-bond acceptors (Lipinski definition) is 3. The van der Waals surface area contributed by atoms with Crippen LogP contribution in [0.15, 0.2) is 22.7 Å². The lowest BCUT2D eigenvalue weighted by atomic mass is 10.1. The average molecular weight is 436 g/mol. The standard InChI is InChI=1S/C19H31BrN2O2.ClH/c1-5-6-7-8-11-21-13-15-12-16(20)9-10-17(15)24-14-18(23)22-19(2,3)4;/h9-10,12,21H,5-8,11,13-14H2,1-4H3,(H,22,23);1H. The van der Waals surface area contributed by atoms with E-state index < -0.39 is 0 Å². The highest BCUT2D eigenvalue weighted by Gasteiger charge is 2.14. The molecule has 1 aromatic rings. The summed E-state index contributed by atoms with van der Waals surface area (Å²) in [7, 11) is 0. The summed E-state index contributed by atoms with van der Waals surface area (Å²) in [6, 6.07) is 5.88. The number of amides is 1. The fraction of sp³-hybridized carbons (Fsp3) is 0.632. The van der Waals surface area contributed by atoms with Crippen LogP contribution in [0.25, 0.3) is 0 Å².